The van der Waals surface area contributed by atoms with Gasteiger partial charge in [0.2, 0.25) is 5.91 Å². The Labute approximate surface area is 148 Å². The molecular formula is C17H22N4O3S. The highest BCUT2D eigenvalue weighted by Crippen LogP contribution is 2.21. The van der Waals surface area contributed by atoms with Crippen LogP contribution in [0.1, 0.15) is 24.8 Å². The summed E-state index contributed by atoms with van der Waals surface area (Å²) >= 11 is 0. The van der Waals surface area contributed by atoms with Crippen LogP contribution in [0.4, 0.5) is 5.69 Å². The molecule has 2 rings (SSSR count). The van der Waals surface area contributed by atoms with Gasteiger partial charge in [-0.25, -0.2) is 13.8 Å². The lowest BCUT2D eigenvalue weighted by Gasteiger charge is -2.17. The van der Waals surface area contributed by atoms with Gasteiger partial charge in [-0.1, -0.05) is 12.1 Å². The van der Waals surface area contributed by atoms with Crippen LogP contribution < -0.4 is 10.3 Å². The molecule has 0 spiro atoms. The first-order valence-electron chi connectivity index (χ1n) is 8.10. The maximum atomic E-state index is 11.8. The quantitative estimate of drug-likeness (QED) is 0.582. The van der Waals surface area contributed by atoms with E-state index in [1.807, 2.05) is 36.2 Å². The third-order valence-corrected chi connectivity index (χ3v) is 5.93. The number of carbonyl (C=O) groups is 1. The van der Waals surface area contributed by atoms with Gasteiger partial charge in [0, 0.05) is 25.7 Å². The van der Waals surface area contributed by atoms with Gasteiger partial charge in [0.1, 0.15) is 0 Å². The number of anilines is 1. The van der Waals surface area contributed by atoms with Gasteiger partial charge < -0.3 is 4.90 Å². The summed E-state index contributed by atoms with van der Waals surface area (Å²) < 4.78 is 22.7. The van der Waals surface area contributed by atoms with Crippen LogP contribution in [0.25, 0.3) is 0 Å². The molecule has 1 heterocycles. The van der Waals surface area contributed by atoms with Crippen LogP contribution in [-0.2, 0) is 14.6 Å². The summed E-state index contributed by atoms with van der Waals surface area (Å²) in [4.78, 5) is 13.8. The molecule has 1 N–H and O–H groups in total. The Balaban J connectivity index is 1.79. The van der Waals surface area contributed by atoms with Crippen molar-refractivity contribution in [2.45, 2.75) is 19.3 Å². The SMILES string of the molecule is CN(CCC#N)c1ccc(/C=N\NC(=O)C[C@H]2CCS(=O)(=O)C2)cc1. The first kappa shape index (κ1) is 18.9. The molecule has 1 fully saturated rings. The smallest absolute Gasteiger partial charge is 0.240 e. The lowest BCUT2D eigenvalue weighted by Crippen LogP contribution is -2.21. The number of hydrogen-bond acceptors (Lipinski definition) is 6. The third-order valence-electron chi connectivity index (χ3n) is 4.10. The molecule has 0 radical (unpaired) electrons. The van der Waals surface area contributed by atoms with Gasteiger partial charge in [-0.2, -0.15) is 10.4 Å². The van der Waals surface area contributed by atoms with Gasteiger partial charge in [0.15, 0.2) is 9.84 Å². The monoisotopic (exact) mass is 362 g/mol. The van der Waals surface area contributed by atoms with E-state index in [1.165, 1.54) is 0 Å². The number of carbonyl (C=O) groups excluding carboxylic acids is 1. The van der Waals surface area contributed by atoms with Crippen LogP contribution >= 0.6 is 0 Å². The second-order valence-electron chi connectivity index (χ2n) is 6.19. The van der Waals surface area contributed by atoms with E-state index in [-0.39, 0.29) is 29.8 Å². The molecule has 134 valence electrons. The molecule has 1 aliphatic rings. The number of nitrogens with zero attached hydrogens (tertiary/aromatic N) is 3. The number of amides is 1. The maximum Gasteiger partial charge on any atom is 0.240 e. The van der Waals surface area contributed by atoms with E-state index < -0.39 is 9.84 Å². The van der Waals surface area contributed by atoms with Crippen molar-refractivity contribution in [1.29, 1.82) is 5.26 Å². The van der Waals surface area contributed by atoms with Gasteiger partial charge >= 0.3 is 0 Å². The first-order chi connectivity index (χ1) is 11.9. The van der Waals surface area contributed by atoms with Crippen LogP contribution in [0, 0.1) is 17.2 Å². The van der Waals surface area contributed by atoms with E-state index in [9.17, 15) is 13.2 Å². The summed E-state index contributed by atoms with van der Waals surface area (Å²) in [5.74, 6) is -0.122. The van der Waals surface area contributed by atoms with E-state index in [2.05, 4.69) is 16.6 Å². The standard InChI is InChI=1S/C17H22N4O3S/c1-21(9-2-8-18)16-5-3-14(4-6-16)12-19-20-17(22)11-15-7-10-25(23,24)13-15/h3-6,12,15H,2,7,9-11,13H2,1H3,(H,20,22)/b19-12-/t15-/m1/s1. The van der Waals surface area contributed by atoms with E-state index >= 15 is 0 Å². The van der Waals surface area contributed by atoms with E-state index in [4.69, 9.17) is 5.26 Å². The largest absolute Gasteiger partial charge is 0.374 e. The topological polar surface area (TPSA) is 103 Å². The second kappa shape index (κ2) is 8.62. The van der Waals surface area contributed by atoms with Crippen molar-refractivity contribution < 1.29 is 13.2 Å². The summed E-state index contributed by atoms with van der Waals surface area (Å²) in [6.45, 7) is 0.664. The zero-order valence-electron chi connectivity index (χ0n) is 14.2. The molecule has 1 atom stereocenters. The average molecular weight is 362 g/mol. The fourth-order valence-corrected chi connectivity index (χ4v) is 4.54. The minimum Gasteiger partial charge on any atom is -0.374 e. The Morgan fingerprint density at radius 3 is 2.76 bits per heavy atom. The molecule has 8 heteroatoms. The summed E-state index contributed by atoms with van der Waals surface area (Å²) in [6, 6.07) is 9.70. The summed E-state index contributed by atoms with van der Waals surface area (Å²) in [5, 5.41) is 12.5. The van der Waals surface area contributed by atoms with Crippen molar-refractivity contribution in [3.8, 4) is 6.07 Å². The molecule has 0 bridgehead atoms. The van der Waals surface area contributed by atoms with Gasteiger partial charge in [-0.05, 0) is 30.0 Å². The van der Waals surface area contributed by atoms with Crippen LogP contribution in [0.15, 0.2) is 29.4 Å². The molecule has 0 aliphatic carbocycles. The number of hydrogen-bond donors (Lipinski definition) is 1. The Hall–Kier alpha value is -2.40. The number of rotatable bonds is 7. The molecule has 1 saturated heterocycles. The number of hydrazone groups is 1. The van der Waals surface area contributed by atoms with Crippen molar-refractivity contribution in [3.05, 3.63) is 29.8 Å². The molecular weight excluding hydrogens is 340 g/mol. The van der Waals surface area contributed by atoms with Crippen molar-refractivity contribution in [1.82, 2.24) is 5.43 Å². The zero-order chi connectivity index (χ0) is 18.3. The molecule has 1 aromatic carbocycles. The number of nitrogens with one attached hydrogen (secondary N) is 1. The number of sulfone groups is 1. The minimum absolute atomic E-state index is 0.0882. The van der Waals surface area contributed by atoms with Crippen molar-refractivity contribution in [2.24, 2.45) is 11.0 Å². The average Bonchev–Trinajstić information content (AvgIpc) is 2.91. The summed E-state index contributed by atoms with van der Waals surface area (Å²) in [7, 11) is -1.04. The highest BCUT2D eigenvalue weighted by atomic mass is 32.2. The highest BCUT2D eigenvalue weighted by Gasteiger charge is 2.29. The van der Waals surface area contributed by atoms with Crippen molar-refractivity contribution >= 4 is 27.6 Å². The molecule has 1 aliphatic heterocycles. The number of nitriles is 1. The normalized spacial score (nSPS) is 18.8. The van der Waals surface area contributed by atoms with Gasteiger partial charge in [0.05, 0.1) is 30.2 Å². The predicted octanol–water partition coefficient (Wildman–Crippen LogP) is 1.31. The highest BCUT2D eigenvalue weighted by molar-refractivity contribution is 7.91. The fourth-order valence-electron chi connectivity index (χ4n) is 2.68. The van der Waals surface area contributed by atoms with Crippen molar-refractivity contribution in [2.75, 3.05) is 30.0 Å². The van der Waals surface area contributed by atoms with Crippen LogP contribution in [0.2, 0.25) is 0 Å². The van der Waals surface area contributed by atoms with Gasteiger partial charge in [-0.15, -0.1) is 0 Å². The number of benzene rings is 1. The molecule has 0 saturated carbocycles. The Morgan fingerprint density at radius 2 is 2.16 bits per heavy atom. The van der Waals surface area contributed by atoms with Crippen molar-refractivity contribution in [3.63, 3.8) is 0 Å². The third kappa shape index (κ3) is 6.19. The lowest BCUT2D eigenvalue weighted by molar-refractivity contribution is -0.121. The van der Waals surface area contributed by atoms with Gasteiger partial charge in [0.25, 0.3) is 0 Å². The Morgan fingerprint density at radius 1 is 1.44 bits per heavy atom. The molecule has 0 unspecified atom stereocenters. The van der Waals surface area contributed by atoms with Crippen LogP contribution in [0.3, 0.4) is 0 Å². The zero-order valence-corrected chi connectivity index (χ0v) is 15.0. The maximum absolute atomic E-state index is 11.8. The molecule has 7 nitrogen and oxygen atoms in total. The van der Waals surface area contributed by atoms with Crippen LogP contribution in [-0.4, -0.2) is 45.6 Å². The summed E-state index contributed by atoms with van der Waals surface area (Å²) in [6.07, 6.45) is 2.73. The summed E-state index contributed by atoms with van der Waals surface area (Å²) in [5.41, 5.74) is 4.27. The Kier molecular flexibility index (Phi) is 6.53. The minimum atomic E-state index is -2.96. The predicted molar refractivity (Wildman–Crippen MR) is 97.1 cm³/mol. The van der Waals surface area contributed by atoms with Crippen LogP contribution in [0.5, 0.6) is 0 Å². The Bertz CT molecular complexity index is 766. The molecule has 0 aromatic heterocycles. The van der Waals surface area contributed by atoms with E-state index in [0.717, 1.165) is 11.3 Å². The first-order valence-corrected chi connectivity index (χ1v) is 9.92. The fraction of sp³-hybridized carbons (Fsp3) is 0.471. The van der Waals surface area contributed by atoms with Gasteiger partial charge in [-0.3, -0.25) is 4.79 Å². The molecule has 25 heavy (non-hydrogen) atoms. The second-order valence-corrected chi connectivity index (χ2v) is 8.42. The van der Waals surface area contributed by atoms with E-state index in [1.54, 1.807) is 6.21 Å². The lowest BCUT2D eigenvalue weighted by atomic mass is 10.1. The van der Waals surface area contributed by atoms with E-state index in [0.29, 0.717) is 19.4 Å². The molecule has 1 aromatic rings. The molecule has 1 amide bonds.